The number of thioether (sulfide) groups is 1. The van der Waals surface area contributed by atoms with Gasteiger partial charge in [0, 0.05) is 11.8 Å². The molecule has 0 bridgehead atoms. The van der Waals surface area contributed by atoms with Gasteiger partial charge in [-0.15, -0.1) is 0 Å². The number of nitrogens with two attached hydrogens (primary N) is 1. The van der Waals surface area contributed by atoms with Gasteiger partial charge in [0.05, 0.1) is 10.4 Å². The highest BCUT2D eigenvalue weighted by Gasteiger charge is 2.40. The van der Waals surface area contributed by atoms with Crippen LogP contribution in [0.1, 0.15) is 53.4 Å². The smallest absolute Gasteiger partial charge is 0.233 e. The van der Waals surface area contributed by atoms with Crippen molar-refractivity contribution >= 4 is 34.9 Å². The summed E-state index contributed by atoms with van der Waals surface area (Å²) in [7, 11) is 0. The van der Waals surface area contributed by atoms with E-state index in [0.29, 0.717) is 4.99 Å². The second kappa shape index (κ2) is 9.59. The van der Waals surface area contributed by atoms with E-state index in [4.69, 9.17) is 18.0 Å². The maximum Gasteiger partial charge on any atom is 0.233 e. The minimum atomic E-state index is -0.663. The van der Waals surface area contributed by atoms with Crippen LogP contribution in [0, 0.1) is 5.41 Å². The Kier molecular flexibility index (Phi) is 9.44. The van der Waals surface area contributed by atoms with Crippen molar-refractivity contribution in [2.75, 3.05) is 11.5 Å². The number of amides is 1. The lowest BCUT2D eigenvalue weighted by Crippen LogP contribution is -2.51. The van der Waals surface area contributed by atoms with Crippen LogP contribution in [-0.2, 0) is 4.79 Å². The zero-order chi connectivity index (χ0) is 14.9. The van der Waals surface area contributed by atoms with Crippen molar-refractivity contribution in [3.63, 3.8) is 0 Å². The molecule has 0 fully saturated rings. The van der Waals surface area contributed by atoms with Crippen LogP contribution in [0.3, 0.4) is 0 Å². The molecule has 0 heterocycles. The third-order valence-electron chi connectivity index (χ3n) is 3.21. The van der Waals surface area contributed by atoms with Gasteiger partial charge in [-0.25, -0.2) is 0 Å². The van der Waals surface area contributed by atoms with Crippen LogP contribution in [0.2, 0.25) is 0 Å². The molecule has 0 aromatic carbocycles. The lowest BCUT2D eigenvalue weighted by molar-refractivity contribution is -0.128. The third-order valence-corrected chi connectivity index (χ3v) is 4.74. The van der Waals surface area contributed by atoms with Crippen LogP contribution in [0.4, 0.5) is 0 Å². The van der Waals surface area contributed by atoms with Crippen LogP contribution in [0.15, 0.2) is 0 Å². The monoisotopic (exact) mass is 304 g/mol. The molecule has 0 aliphatic heterocycles. The summed E-state index contributed by atoms with van der Waals surface area (Å²) in [6.07, 6.45) is 3.27. The molecule has 1 unspecified atom stereocenters. The number of nitrogens with one attached hydrogen (secondary N) is 1. The molecule has 0 saturated heterocycles. The summed E-state index contributed by atoms with van der Waals surface area (Å²) < 4.78 is 0. The van der Waals surface area contributed by atoms with E-state index in [2.05, 4.69) is 26.1 Å². The largest absolute Gasteiger partial charge is 0.392 e. The molecule has 0 rings (SSSR count). The standard InChI is InChI=1S/C14H28N2OS2/c1-5-8-14(9-6-2,12(15)18)13(17)16-11(4)10-19-7-3/h11H,5-10H2,1-4H3,(H2,15,18)(H,16,17). The van der Waals surface area contributed by atoms with Gasteiger partial charge >= 0.3 is 0 Å². The van der Waals surface area contributed by atoms with Crippen molar-refractivity contribution < 1.29 is 4.79 Å². The molecular weight excluding hydrogens is 276 g/mol. The van der Waals surface area contributed by atoms with Crippen LogP contribution in [0.25, 0.3) is 0 Å². The van der Waals surface area contributed by atoms with E-state index >= 15 is 0 Å². The molecule has 0 aromatic rings. The highest BCUT2D eigenvalue weighted by atomic mass is 32.2. The average Bonchev–Trinajstić information content (AvgIpc) is 2.35. The number of carbonyl (C=O) groups is 1. The summed E-state index contributed by atoms with van der Waals surface area (Å²) in [6, 6.07) is 0.153. The lowest BCUT2D eigenvalue weighted by atomic mass is 9.78. The van der Waals surface area contributed by atoms with Gasteiger partial charge in [0.1, 0.15) is 0 Å². The Morgan fingerprint density at radius 3 is 2.21 bits per heavy atom. The Morgan fingerprint density at radius 2 is 1.84 bits per heavy atom. The first-order chi connectivity index (χ1) is 8.94. The molecule has 3 N–H and O–H groups in total. The zero-order valence-electron chi connectivity index (χ0n) is 12.6. The Hall–Kier alpha value is -0.290. The lowest BCUT2D eigenvalue weighted by Gasteiger charge is -2.32. The Balaban J connectivity index is 4.83. The number of carbonyl (C=O) groups excluding carboxylic acids is 1. The van der Waals surface area contributed by atoms with E-state index in [1.54, 1.807) is 0 Å². The Labute approximate surface area is 127 Å². The molecular formula is C14H28N2OS2. The van der Waals surface area contributed by atoms with Crippen LogP contribution < -0.4 is 11.1 Å². The second-order valence-electron chi connectivity index (χ2n) is 4.98. The normalized spacial score (nSPS) is 13.1. The maximum atomic E-state index is 12.6. The van der Waals surface area contributed by atoms with E-state index < -0.39 is 5.41 Å². The maximum absolute atomic E-state index is 12.6. The summed E-state index contributed by atoms with van der Waals surface area (Å²) in [4.78, 5) is 12.9. The Morgan fingerprint density at radius 1 is 1.32 bits per heavy atom. The van der Waals surface area contributed by atoms with E-state index in [0.717, 1.165) is 37.2 Å². The molecule has 0 aromatic heterocycles. The summed E-state index contributed by atoms with van der Waals surface area (Å²) in [5.41, 5.74) is 5.22. The topological polar surface area (TPSA) is 55.1 Å². The van der Waals surface area contributed by atoms with Crippen LogP contribution in [0.5, 0.6) is 0 Å². The quantitative estimate of drug-likeness (QED) is 0.609. The highest BCUT2D eigenvalue weighted by Crippen LogP contribution is 2.31. The predicted molar refractivity (Wildman–Crippen MR) is 89.6 cm³/mol. The molecule has 0 saturated carbocycles. The highest BCUT2D eigenvalue weighted by molar-refractivity contribution is 7.99. The zero-order valence-corrected chi connectivity index (χ0v) is 14.3. The summed E-state index contributed by atoms with van der Waals surface area (Å²) in [5, 5.41) is 3.08. The summed E-state index contributed by atoms with van der Waals surface area (Å²) in [6.45, 7) is 8.27. The van der Waals surface area contributed by atoms with E-state index in [1.165, 1.54) is 0 Å². The van der Waals surface area contributed by atoms with Crippen molar-refractivity contribution in [1.29, 1.82) is 0 Å². The van der Waals surface area contributed by atoms with Gasteiger partial charge < -0.3 is 11.1 Å². The van der Waals surface area contributed by atoms with E-state index in [9.17, 15) is 4.79 Å². The fraction of sp³-hybridized carbons (Fsp3) is 0.857. The molecule has 0 spiro atoms. The Bertz CT molecular complexity index is 289. The number of rotatable bonds is 10. The fourth-order valence-electron chi connectivity index (χ4n) is 2.26. The van der Waals surface area contributed by atoms with Gasteiger partial charge in [0.25, 0.3) is 0 Å². The molecule has 3 nitrogen and oxygen atoms in total. The fourth-order valence-corrected chi connectivity index (χ4v) is 3.23. The van der Waals surface area contributed by atoms with Gasteiger partial charge in [-0.2, -0.15) is 11.8 Å². The van der Waals surface area contributed by atoms with Gasteiger partial charge in [-0.3, -0.25) is 4.79 Å². The first-order valence-electron chi connectivity index (χ1n) is 7.13. The molecule has 1 amide bonds. The molecule has 112 valence electrons. The molecule has 0 aliphatic carbocycles. The van der Waals surface area contributed by atoms with Crippen LogP contribution >= 0.6 is 24.0 Å². The number of thiocarbonyl (C=S) groups is 1. The van der Waals surface area contributed by atoms with Gasteiger partial charge in [-0.1, -0.05) is 45.8 Å². The SMILES string of the molecule is CCCC(CCC)(C(=O)NC(C)CSCC)C(N)=S. The molecule has 19 heavy (non-hydrogen) atoms. The van der Waals surface area contributed by atoms with Gasteiger partial charge in [0.2, 0.25) is 5.91 Å². The van der Waals surface area contributed by atoms with Crippen molar-refractivity contribution in [2.45, 2.75) is 59.4 Å². The molecule has 1 atom stereocenters. The van der Waals surface area contributed by atoms with Crippen LogP contribution in [-0.4, -0.2) is 28.4 Å². The van der Waals surface area contributed by atoms with Crippen molar-refractivity contribution in [3.05, 3.63) is 0 Å². The average molecular weight is 305 g/mol. The van der Waals surface area contributed by atoms with Crippen molar-refractivity contribution in [2.24, 2.45) is 11.1 Å². The van der Waals surface area contributed by atoms with E-state index in [1.807, 2.05) is 18.7 Å². The minimum absolute atomic E-state index is 0.00732. The van der Waals surface area contributed by atoms with Gasteiger partial charge in [0.15, 0.2) is 0 Å². The first-order valence-corrected chi connectivity index (χ1v) is 8.69. The van der Waals surface area contributed by atoms with Crippen molar-refractivity contribution in [1.82, 2.24) is 5.32 Å². The summed E-state index contributed by atoms with van der Waals surface area (Å²) >= 11 is 7.01. The minimum Gasteiger partial charge on any atom is -0.392 e. The summed E-state index contributed by atoms with van der Waals surface area (Å²) in [5.74, 6) is 1.99. The van der Waals surface area contributed by atoms with Gasteiger partial charge in [-0.05, 0) is 25.5 Å². The molecule has 0 radical (unpaired) electrons. The number of hydrogen-bond acceptors (Lipinski definition) is 3. The molecule has 5 heteroatoms. The predicted octanol–water partition coefficient (Wildman–Crippen LogP) is 3.12. The molecule has 0 aliphatic rings. The van der Waals surface area contributed by atoms with Crippen molar-refractivity contribution in [3.8, 4) is 0 Å². The van der Waals surface area contributed by atoms with E-state index in [-0.39, 0.29) is 11.9 Å². The second-order valence-corrected chi connectivity index (χ2v) is 6.74. The number of hydrogen-bond donors (Lipinski definition) is 2. The first kappa shape index (κ1) is 18.7. The third kappa shape index (κ3) is 5.69.